The molecule has 1 N–H and O–H groups in total. The Balaban J connectivity index is 1.38. The third kappa shape index (κ3) is 4.80. The first-order chi connectivity index (χ1) is 15.1. The molecule has 0 radical (unpaired) electrons. The normalized spacial score (nSPS) is 17.8. The van der Waals surface area contributed by atoms with Gasteiger partial charge in [0.05, 0.1) is 17.8 Å². The zero-order chi connectivity index (χ0) is 23.0. The standard InChI is InChI=1S/C24H24F3N3OS/c1-14-21(32-22(29-14)16-4-8-17(9-5-16)24(25,26)27)13-28-18-10-6-15(7-11-18)19-12-20(19)23(31)30(2)3/h4-11,19-20,28H,12-13H2,1-3H3/t19-,20+/m0/s1. The van der Waals surface area contributed by atoms with Crippen molar-refractivity contribution in [3.63, 3.8) is 0 Å². The fourth-order valence-corrected chi connectivity index (χ4v) is 4.72. The molecule has 1 saturated carbocycles. The summed E-state index contributed by atoms with van der Waals surface area (Å²) >= 11 is 1.47. The highest BCUT2D eigenvalue weighted by Crippen LogP contribution is 2.48. The lowest BCUT2D eigenvalue weighted by Gasteiger charge is -2.10. The number of carbonyl (C=O) groups is 1. The van der Waals surface area contributed by atoms with E-state index in [1.54, 1.807) is 19.0 Å². The number of rotatable bonds is 6. The molecule has 1 heterocycles. The molecule has 3 aromatic rings. The Hall–Kier alpha value is -2.87. The molecule has 168 valence electrons. The fourth-order valence-electron chi connectivity index (χ4n) is 3.72. The van der Waals surface area contributed by atoms with Crippen LogP contribution in [-0.4, -0.2) is 29.9 Å². The Morgan fingerprint density at radius 2 is 1.78 bits per heavy atom. The number of hydrogen-bond donors (Lipinski definition) is 1. The number of nitrogens with one attached hydrogen (secondary N) is 1. The summed E-state index contributed by atoms with van der Waals surface area (Å²) in [6, 6.07) is 13.2. The van der Waals surface area contributed by atoms with E-state index in [1.165, 1.54) is 29.0 Å². The molecular weight excluding hydrogens is 435 g/mol. The summed E-state index contributed by atoms with van der Waals surface area (Å²) in [4.78, 5) is 19.3. The molecule has 0 unspecified atom stereocenters. The first kappa shape index (κ1) is 22.3. The van der Waals surface area contributed by atoms with Crippen LogP contribution in [0.15, 0.2) is 48.5 Å². The number of halogens is 3. The smallest absolute Gasteiger partial charge is 0.380 e. The zero-order valence-electron chi connectivity index (χ0n) is 18.0. The van der Waals surface area contributed by atoms with Gasteiger partial charge in [0.2, 0.25) is 5.91 Å². The number of aromatic nitrogens is 1. The van der Waals surface area contributed by atoms with E-state index in [2.05, 4.69) is 22.4 Å². The Morgan fingerprint density at radius 1 is 1.12 bits per heavy atom. The van der Waals surface area contributed by atoms with Crippen LogP contribution >= 0.6 is 11.3 Å². The molecule has 1 aliphatic carbocycles. The summed E-state index contributed by atoms with van der Waals surface area (Å²) in [6.07, 6.45) is -3.44. The van der Waals surface area contributed by atoms with Crippen molar-refractivity contribution in [2.24, 2.45) is 5.92 Å². The molecule has 0 bridgehead atoms. The molecule has 1 fully saturated rings. The lowest BCUT2D eigenvalue weighted by molar-refractivity contribution is -0.137. The van der Waals surface area contributed by atoms with Crippen molar-refractivity contribution in [3.8, 4) is 10.6 Å². The number of nitrogens with zero attached hydrogens (tertiary/aromatic N) is 2. The maximum absolute atomic E-state index is 12.8. The molecule has 32 heavy (non-hydrogen) atoms. The minimum atomic E-state index is -4.34. The summed E-state index contributed by atoms with van der Waals surface area (Å²) in [5.74, 6) is 0.572. The van der Waals surface area contributed by atoms with Crippen molar-refractivity contribution >= 4 is 22.9 Å². The number of aryl methyl sites for hydroxylation is 1. The molecule has 0 spiro atoms. The lowest BCUT2D eigenvalue weighted by Crippen LogP contribution is -2.23. The van der Waals surface area contributed by atoms with Gasteiger partial charge >= 0.3 is 6.18 Å². The predicted molar refractivity (Wildman–Crippen MR) is 121 cm³/mol. The van der Waals surface area contributed by atoms with Crippen LogP contribution in [0.4, 0.5) is 18.9 Å². The maximum atomic E-state index is 12.8. The number of carbonyl (C=O) groups excluding carboxylic acids is 1. The largest absolute Gasteiger partial charge is 0.416 e. The van der Waals surface area contributed by atoms with E-state index in [0.717, 1.165) is 34.8 Å². The van der Waals surface area contributed by atoms with Gasteiger partial charge in [0.1, 0.15) is 5.01 Å². The van der Waals surface area contributed by atoms with Crippen LogP contribution in [0.1, 0.15) is 34.0 Å². The Kier molecular flexibility index (Phi) is 5.99. The van der Waals surface area contributed by atoms with Gasteiger partial charge in [-0.05, 0) is 49.1 Å². The lowest BCUT2D eigenvalue weighted by atomic mass is 10.1. The number of thiazole rings is 1. The molecular formula is C24H24F3N3OS. The van der Waals surface area contributed by atoms with Gasteiger partial charge in [0, 0.05) is 36.1 Å². The van der Waals surface area contributed by atoms with Gasteiger partial charge in [-0.25, -0.2) is 4.98 Å². The SMILES string of the molecule is Cc1nc(-c2ccc(C(F)(F)F)cc2)sc1CNc1ccc([C@@H]2C[C@H]2C(=O)N(C)C)cc1. The molecule has 0 aliphatic heterocycles. The van der Waals surface area contributed by atoms with Gasteiger partial charge in [-0.2, -0.15) is 13.2 Å². The number of hydrogen-bond acceptors (Lipinski definition) is 4. The van der Waals surface area contributed by atoms with E-state index in [-0.39, 0.29) is 11.8 Å². The van der Waals surface area contributed by atoms with Crippen molar-refractivity contribution in [2.45, 2.75) is 32.0 Å². The van der Waals surface area contributed by atoms with Gasteiger partial charge in [0.15, 0.2) is 0 Å². The van der Waals surface area contributed by atoms with Gasteiger partial charge in [-0.1, -0.05) is 24.3 Å². The van der Waals surface area contributed by atoms with Crippen LogP contribution in [0.3, 0.4) is 0 Å². The van der Waals surface area contributed by atoms with E-state index in [0.29, 0.717) is 23.0 Å². The Bertz CT molecular complexity index is 1110. The van der Waals surface area contributed by atoms with Crippen molar-refractivity contribution in [2.75, 3.05) is 19.4 Å². The minimum Gasteiger partial charge on any atom is -0.380 e. The summed E-state index contributed by atoms with van der Waals surface area (Å²) in [5.41, 5.74) is 3.01. The van der Waals surface area contributed by atoms with Crippen molar-refractivity contribution < 1.29 is 18.0 Å². The molecule has 0 saturated heterocycles. The van der Waals surface area contributed by atoms with Crippen molar-refractivity contribution in [3.05, 3.63) is 70.2 Å². The van der Waals surface area contributed by atoms with E-state index in [4.69, 9.17) is 0 Å². The van der Waals surface area contributed by atoms with Crippen LogP contribution < -0.4 is 5.32 Å². The molecule has 4 rings (SSSR count). The van der Waals surface area contributed by atoms with E-state index < -0.39 is 11.7 Å². The van der Waals surface area contributed by atoms with E-state index >= 15 is 0 Å². The maximum Gasteiger partial charge on any atom is 0.416 e. The topological polar surface area (TPSA) is 45.2 Å². The minimum absolute atomic E-state index is 0.0901. The number of anilines is 1. The Morgan fingerprint density at radius 3 is 2.38 bits per heavy atom. The second kappa shape index (κ2) is 8.58. The van der Waals surface area contributed by atoms with Gasteiger partial charge in [0.25, 0.3) is 0 Å². The third-order valence-electron chi connectivity index (χ3n) is 5.69. The summed E-state index contributed by atoms with van der Waals surface area (Å²) in [7, 11) is 3.57. The second-order valence-corrected chi connectivity index (χ2v) is 9.34. The highest BCUT2D eigenvalue weighted by molar-refractivity contribution is 7.15. The van der Waals surface area contributed by atoms with Crippen LogP contribution in [-0.2, 0) is 17.5 Å². The fraction of sp³-hybridized carbons (Fsp3) is 0.333. The molecule has 1 aromatic heterocycles. The van der Waals surface area contributed by atoms with Crippen LogP contribution in [0.2, 0.25) is 0 Å². The summed E-state index contributed by atoms with van der Waals surface area (Å²) in [5, 5.41) is 4.08. The zero-order valence-corrected chi connectivity index (χ0v) is 18.8. The van der Waals surface area contributed by atoms with E-state index in [9.17, 15) is 18.0 Å². The monoisotopic (exact) mass is 459 g/mol. The molecule has 2 atom stereocenters. The first-order valence-electron chi connectivity index (χ1n) is 10.3. The average molecular weight is 460 g/mol. The molecule has 1 amide bonds. The summed E-state index contributed by atoms with van der Waals surface area (Å²) in [6.45, 7) is 2.48. The highest BCUT2D eigenvalue weighted by Gasteiger charge is 2.44. The number of amides is 1. The van der Waals surface area contributed by atoms with Gasteiger partial charge in [-0.15, -0.1) is 11.3 Å². The molecule has 4 nitrogen and oxygen atoms in total. The van der Waals surface area contributed by atoms with Crippen LogP contribution in [0, 0.1) is 12.8 Å². The van der Waals surface area contributed by atoms with Crippen LogP contribution in [0.25, 0.3) is 10.6 Å². The molecule has 8 heteroatoms. The van der Waals surface area contributed by atoms with Crippen molar-refractivity contribution in [1.82, 2.24) is 9.88 Å². The van der Waals surface area contributed by atoms with Gasteiger partial charge in [-0.3, -0.25) is 4.79 Å². The predicted octanol–water partition coefficient (Wildman–Crippen LogP) is 5.94. The first-order valence-corrected chi connectivity index (χ1v) is 11.1. The van der Waals surface area contributed by atoms with Crippen LogP contribution in [0.5, 0.6) is 0 Å². The second-order valence-electron chi connectivity index (χ2n) is 8.26. The summed E-state index contributed by atoms with van der Waals surface area (Å²) < 4.78 is 38.3. The van der Waals surface area contributed by atoms with E-state index in [1.807, 2.05) is 19.1 Å². The van der Waals surface area contributed by atoms with Crippen molar-refractivity contribution in [1.29, 1.82) is 0 Å². The van der Waals surface area contributed by atoms with Gasteiger partial charge < -0.3 is 10.2 Å². The average Bonchev–Trinajstić information content (AvgIpc) is 3.47. The number of alkyl halides is 3. The third-order valence-corrected chi connectivity index (χ3v) is 6.90. The quantitative estimate of drug-likeness (QED) is 0.496. The molecule has 1 aliphatic rings. The highest BCUT2D eigenvalue weighted by atomic mass is 32.1. The molecule has 2 aromatic carbocycles. The number of benzene rings is 2. The Labute approximate surface area is 189 Å².